The first-order chi connectivity index (χ1) is 9.51. The van der Waals surface area contributed by atoms with Crippen molar-refractivity contribution in [2.45, 2.75) is 26.7 Å². The average Bonchev–Trinajstić information content (AvgIpc) is 2.38. The van der Waals surface area contributed by atoms with Crippen molar-refractivity contribution in [3.8, 4) is 11.3 Å². The summed E-state index contributed by atoms with van der Waals surface area (Å²) in [5.74, 6) is 0.167. The van der Waals surface area contributed by atoms with Crippen molar-refractivity contribution in [3.05, 3.63) is 41.7 Å². The lowest BCUT2D eigenvalue weighted by Gasteiger charge is -2.11. The highest BCUT2D eigenvalue weighted by Gasteiger charge is 2.13. The van der Waals surface area contributed by atoms with Gasteiger partial charge in [0.15, 0.2) is 0 Å². The third kappa shape index (κ3) is 3.10. The minimum absolute atomic E-state index is 0.121. The van der Waals surface area contributed by atoms with E-state index >= 15 is 0 Å². The molecule has 20 heavy (non-hydrogen) atoms. The van der Waals surface area contributed by atoms with Crippen molar-refractivity contribution >= 4 is 5.82 Å². The maximum Gasteiger partial charge on any atom is 0.135 e. The highest BCUT2D eigenvalue weighted by Crippen LogP contribution is 2.25. The summed E-state index contributed by atoms with van der Waals surface area (Å²) < 4.78 is 26.9. The van der Waals surface area contributed by atoms with Crippen LogP contribution in [0.3, 0.4) is 0 Å². The summed E-state index contributed by atoms with van der Waals surface area (Å²) in [7, 11) is 0. The molecule has 0 amide bonds. The van der Waals surface area contributed by atoms with Gasteiger partial charge in [-0.1, -0.05) is 13.8 Å². The van der Waals surface area contributed by atoms with Crippen LogP contribution in [0.25, 0.3) is 11.3 Å². The Hall–Kier alpha value is -2.04. The van der Waals surface area contributed by atoms with Gasteiger partial charge in [-0.15, -0.1) is 0 Å². The second kappa shape index (κ2) is 5.94. The molecule has 5 heteroatoms. The van der Waals surface area contributed by atoms with Crippen molar-refractivity contribution in [1.29, 1.82) is 0 Å². The van der Waals surface area contributed by atoms with Crippen LogP contribution in [-0.2, 0) is 0 Å². The lowest BCUT2D eigenvalue weighted by atomic mass is 10.1. The molecule has 1 N–H and O–H groups in total. The molecule has 0 saturated heterocycles. The molecule has 0 aliphatic rings. The van der Waals surface area contributed by atoms with Crippen LogP contribution in [-0.4, -0.2) is 16.5 Å². The summed E-state index contributed by atoms with van der Waals surface area (Å²) in [5, 5.41) is 3.10. The second-order valence-electron chi connectivity index (χ2n) is 4.81. The molecular formula is C15H17F2N3. The van der Waals surface area contributed by atoms with Gasteiger partial charge in [0.1, 0.15) is 23.3 Å². The monoisotopic (exact) mass is 277 g/mol. The maximum absolute atomic E-state index is 13.9. The zero-order valence-corrected chi connectivity index (χ0v) is 11.7. The van der Waals surface area contributed by atoms with Gasteiger partial charge >= 0.3 is 0 Å². The van der Waals surface area contributed by atoms with Gasteiger partial charge in [0.25, 0.3) is 0 Å². The van der Waals surface area contributed by atoms with Crippen LogP contribution in [0.2, 0.25) is 0 Å². The van der Waals surface area contributed by atoms with Crippen molar-refractivity contribution in [2.75, 3.05) is 11.9 Å². The molecule has 2 rings (SSSR count). The Morgan fingerprint density at radius 2 is 1.90 bits per heavy atom. The lowest BCUT2D eigenvalue weighted by molar-refractivity contribution is 0.585. The molecule has 0 aliphatic carbocycles. The van der Waals surface area contributed by atoms with Gasteiger partial charge < -0.3 is 5.32 Å². The van der Waals surface area contributed by atoms with E-state index in [4.69, 9.17) is 0 Å². The van der Waals surface area contributed by atoms with E-state index in [1.807, 2.05) is 20.8 Å². The van der Waals surface area contributed by atoms with Crippen LogP contribution in [0.4, 0.5) is 14.6 Å². The van der Waals surface area contributed by atoms with Crippen molar-refractivity contribution in [2.24, 2.45) is 0 Å². The normalized spacial score (nSPS) is 10.9. The predicted molar refractivity (Wildman–Crippen MR) is 75.6 cm³/mol. The van der Waals surface area contributed by atoms with Gasteiger partial charge in [-0.05, 0) is 19.1 Å². The summed E-state index contributed by atoms with van der Waals surface area (Å²) in [5.41, 5.74) is 0.729. The number of nitrogens with one attached hydrogen (secondary N) is 1. The minimum atomic E-state index is -0.624. The second-order valence-corrected chi connectivity index (χ2v) is 4.81. The average molecular weight is 277 g/mol. The summed E-state index contributed by atoms with van der Waals surface area (Å²) in [6.07, 6.45) is 0. The smallest absolute Gasteiger partial charge is 0.135 e. The number of anilines is 1. The molecule has 0 saturated carbocycles. The Labute approximate surface area is 117 Å². The third-order valence-electron chi connectivity index (χ3n) is 2.82. The van der Waals surface area contributed by atoms with Gasteiger partial charge in [0.2, 0.25) is 0 Å². The van der Waals surface area contributed by atoms with Crippen LogP contribution in [0, 0.1) is 11.6 Å². The van der Waals surface area contributed by atoms with Gasteiger partial charge in [0.05, 0.1) is 5.69 Å². The van der Waals surface area contributed by atoms with Crippen molar-refractivity contribution in [3.63, 3.8) is 0 Å². The first-order valence-electron chi connectivity index (χ1n) is 6.59. The molecule has 1 heterocycles. The standard InChI is InChI=1S/C15H17F2N3/c1-4-18-14-8-13(19-15(20-14)9(2)3)11-6-5-10(16)7-12(11)17/h5-9H,4H2,1-3H3,(H,18,19,20). The van der Waals surface area contributed by atoms with Crippen LogP contribution in [0.5, 0.6) is 0 Å². The fraction of sp³-hybridized carbons (Fsp3) is 0.333. The molecule has 0 radical (unpaired) electrons. The lowest BCUT2D eigenvalue weighted by Crippen LogP contribution is -2.06. The summed E-state index contributed by atoms with van der Waals surface area (Å²) in [6.45, 7) is 6.60. The van der Waals surface area contributed by atoms with Crippen LogP contribution in [0.1, 0.15) is 32.5 Å². The topological polar surface area (TPSA) is 37.8 Å². The van der Waals surface area contributed by atoms with Crippen LogP contribution >= 0.6 is 0 Å². The molecule has 0 atom stereocenters. The Bertz CT molecular complexity index is 612. The number of hydrogen-bond acceptors (Lipinski definition) is 3. The van der Waals surface area contributed by atoms with Gasteiger partial charge in [-0.3, -0.25) is 0 Å². The van der Waals surface area contributed by atoms with E-state index in [0.717, 1.165) is 6.07 Å². The molecule has 1 aromatic carbocycles. The number of rotatable bonds is 4. The van der Waals surface area contributed by atoms with Gasteiger partial charge in [-0.25, -0.2) is 18.7 Å². The first kappa shape index (κ1) is 14.4. The van der Waals surface area contributed by atoms with Crippen molar-refractivity contribution < 1.29 is 8.78 Å². The predicted octanol–water partition coefficient (Wildman–Crippen LogP) is 3.98. The van der Waals surface area contributed by atoms with E-state index in [0.29, 0.717) is 23.9 Å². The van der Waals surface area contributed by atoms with E-state index in [2.05, 4.69) is 15.3 Å². The van der Waals surface area contributed by atoms with E-state index in [-0.39, 0.29) is 11.5 Å². The molecule has 1 aromatic heterocycles. The van der Waals surface area contributed by atoms with E-state index in [1.165, 1.54) is 12.1 Å². The first-order valence-corrected chi connectivity index (χ1v) is 6.59. The Balaban J connectivity index is 2.54. The largest absolute Gasteiger partial charge is 0.370 e. The fourth-order valence-electron chi connectivity index (χ4n) is 1.83. The van der Waals surface area contributed by atoms with Gasteiger partial charge in [-0.2, -0.15) is 0 Å². The minimum Gasteiger partial charge on any atom is -0.370 e. The molecule has 3 nitrogen and oxygen atoms in total. The van der Waals surface area contributed by atoms with Crippen molar-refractivity contribution in [1.82, 2.24) is 9.97 Å². The van der Waals surface area contributed by atoms with E-state index < -0.39 is 11.6 Å². The fourth-order valence-corrected chi connectivity index (χ4v) is 1.83. The van der Waals surface area contributed by atoms with E-state index in [9.17, 15) is 8.78 Å². The maximum atomic E-state index is 13.9. The molecule has 0 aliphatic heterocycles. The highest BCUT2D eigenvalue weighted by molar-refractivity contribution is 5.63. The third-order valence-corrected chi connectivity index (χ3v) is 2.82. The number of halogens is 2. The summed E-state index contributed by atoms with van der Waals surface area (Å²) >= 11 is 0. The van der Waals surface area contributed by atoms with Crippen LogP contribution in [0.15, 0.2) is 24.3 Å². The Morgan fingerprint density at radius 1 is 1.15 bits per heavy atom. The molecule has 0 unspecified atom stereocenters. The molecule has 0 bridgehead atoms. The molecule has 0 spiro atoms. The zero-order chi connectivity index (χ0) is 14.7. The molecular weight excluding hydrogens is 260 g/mol. The number of benzene rings is 1. The Kier molecular flexibility index (Phi) is 4.27. The Morgan fingerprint density at radius 3 is 2.50 bits per heavy atom. The molecule has 106 valence electrons. The molecule has 0 fully saturated rings. The highest BCUT2D eigenvalue weighted by atomic mass is 19.1. The molecule has 2 aromatic rings. The number of hydrogen-bond donors (Lipinski definition) is 1. The SMILES string of the molecule is CCNc1cc(-c2ccc(F)cc2F)nc(C(C)C)n1. The summed E-state index contributed by atoms with van der Waals surface area (Å²) in [4.78, 5) is 8.74. The number of nitrogens with zero attached hydrogens (tertiary/aromatic N) is 2. The summed E-state index contributed by atoms with van der Waals surface area (Å²) in [6, 6.07) is 5.15. The zero-order valence-electron chi connectivity index (χ0n) is 11.7. The number of aromatic nitrogens is 2. The quantitative estimate of drug-likeness (QED) is 0.918. The van der Waals surface area contributed by atoms with Crippen LogP contribution < -0.4 is 5.32 Å². The van der Waals surface area contributed by atoms with Gasteiger partial charge in [0, 0.05) is 30.2 Å². The van der Waals surface area contributed by atoms with E-state index in [1.54, 1.807) is 6.07 Å².